The summed E-state index contributed by atoms with van der Waals surface area (Å²) in [6.07, 6.45) is 3.27. The van der Waals surface area contributed by atoms with Crippen molar-refractivity contribution in [2.24, 2.45) is 7.05 Å². The molecule has 7 heteroatoms. The van der Waals surface area contributed by atoms with Gasteiger partial charge in [0.25, 0.3) is 0 Å². The van der Waals surface area contributed by atoms with Crippen molar-refractivity contribution in [3.8, 4) is 0 Å². The number of nitrogens with zero attached hydrogens (tertiary/aromatic N) is 4. The Morgan fingerprint density at radius 3 is 2.68 bits per heavy atom. The van der Waals surface area contributed by atoms with E-state index in [1.807, 2.05) is 11.7 Å². The third kappa shape index (κ3) is 2.93. The zero-order valence-electron chi connectivity index (χ0n) is 13.4. The molecule has 0 aromatic carbocycles. The maximum Gasteiger partial charge on any atom is 0.314 e. The number of pyridine rings is 1. The monoisotopic (exact) mass is 303 g/mol. The Balaban J connectivity index is 2.32. The molecule has 0 atom stereocenters. The molecular formula is C15H21N5O2. The molecule has 0 saturated heterocycles. The molecule has 2 aromatic heterocycles. The van der Waals surface area contributed by atoms with E-state index in [-0.39, 0.29) is 5.69 Å². The van der Waals surface area contributed by atoms with E-state index in [0.29, 0.717) is 17.9 Å². The zero-order valence-corrected chi connectivity index (χ0v) is 13.4. The maximum atomic E-state index is 11.2. The number of aromatic nitrogens is 3. The fourth-order valence-electron chi connectivity index (χ4n) is 2.68. The molecule has 0 fully saturated rings. The fourth-order valence-corrected chi connectivity index (χ4v) is 2.68. The highest BCUT2D eigenvalue weighted by Crippen LogP contribution is 2.26. The number of rotatable bonds is 6. The molecule has 22 heavy (non-hydrogen) atoms. The van der Waals surface area contributed by atoms with Crippen LogP contribution in [0.1, 0.15) is 36.4 Å². The van der Waals surface area contributed by atoms with E-state index in [1.165, 1.54) is 0 Å². The van der Waals surface area contributed by atoms with E-state index in [4.69, 9.17) is 0 Å². The lowest BCUT2D eigenvalue weighted by Gasteiger charge is -2.09. The lowest BCUT2D eigenvalue weighted by molar-refractivity contribution is -0.384. The first-order valence-corrected chi connectivity index (χ1v) is 7.37. The molecule has 0 amide bonds. The summed E-state index contributed by atoms with van der Waals surface area (Å²) >= 11 is 0. The Morgan fingerprint density at radius 1 is 1.36 bits per heavy atom. The molecule has 0 bridgehead atoms. The van der Waals surface area contributed by atoms with E-state index >= 15 is 0 Å². The van der Waals surface area contributed by atoms with Crippen LogP contribution in [0.25, 0.3) is 0 Å². The highest BCUT2D eigenvalue weighted by molar-refractivity contribution is 5.60. The second kappa shape index (κ2) is 6.55. The third-order valence-electron chi connectivity index (χ3n) is 3.77. The van der Waals surface area contributed by atoms with Gasteiger partial charge in [-0.15, -0.1) is 0 Å². The second-order valence-corrected chi connectivity index (χ2v) is 5.14. The van der Waals surface area contributed by atoms with Crippen molar-refractivity contribution in [3.05, 3.63) is 44.9 Å². The fraction of sp³-hybridized carbons (Fsp3) is 0.467. The van der Waals surface area contributed by atoms with Crippen LogP contribution < -0.4 is 5.32 Å². The first kappa shape index (κ1) is 15.9. The number of hydrogen-bond acceptors (Lipinski definition) is 5. The molecular weight excluding hydrogens is 282 g/mol. The van der Waals surface area contributed by atoms with Crippen LogP contribution in [0.3, 0.4) is 0 Å². The van der Waals surface area contributed by atoms with Crippen LogP contribution in [-0.2, 0) is 26.4 Å². The highest BCUT2D eigenvalue weighted by Gasteiger charge is 2.20. The normalized spacial score (nSPS) is 10.7. The van der Waals surface area contributed by atoms with Crippen LogP contribution in [0.5, 0.6) is 0 Å². The third-order valence-corrected chi connectivity index (χ3v) is 3.77. The summed E-state index contributed by atoms with van der Waals surface area (Å²) in [4.78, 5) is 14.9. The lowest BCUT2D eigenvalue weighted by Crippen LogP contribution is -2.08. The molecule has 0 saturated carbocycles. The Hall–Kier alpha value is -2.44. The predicted molar refractivity (Wildman–Crippen MR) is 84.9 cm³/mol. The summed E-state index contributed by atoms with van der Waals surface area (Å²) in [5, 5.41) is 18.8. The summed E-state index contributed by atoms with van der Waals surface area (Å²) in [6, 6.07) is 1.64. The molecule has 2 heterocycles. The maximum absolute atomic E-state index is 11.2. The largest absolute Gasteiger partial charge is 0.360 e. The highest BCUT2D eigenvalue weighted by atomic mass is 16.6. The average molecular weight is 303 g/mol. The summed E-state index contributed by atoms with van der Waals surface area (Å²) in [7, 11) is 1.93. The zero-order chi connectivity index (χ0) is 16.3. The molecule has 1 N–H and O–H groups in total. The van der Waals surface area contributed by atoms with Gasteiger partial charge in [-0.2, -0.15) is 5.10 Å². The summed E-state index contributed by atoms with van der Waals surface area (Å²) in [5.41, 5.74) is 3.88. The molecule has 0 spiro atoms. The van der Waals surface area contributed by atoms with Gasteiger partial charge in [0, 0.05) is 36.6 Å². The topological polar surface area (TPSA) is 85.9 Å². The molecule has 2 rings (SSSR count). The Bertz CT molecular complexity index is 693. The van der Waals surface area contributed by atoms with Gasteiger partial charge >= 0.3 is 5.69 Å². The summed E-state index contributed by atoms with van der Waals surface area (Å²) in [6.45, 7) is 6.33. The Morgan fingerprint density at radius 2 is 2.09 bits per heavy atom. The van der Waals surface area contributed by atoms with Crippen LogP contribution >= 0.6 is 0 Å². The molecule has 0 unspecified atom stereocenters. The number of aryl methyl sites for hydroxylation is 3. The van der Waals surface area contributed by atoms with E-state index in [2.05, 4.69) is 29.2 Å². The van der Waals surface area contributed by atoms with Gasteiger partial charge in [-0.25, -0.2) is 4.98 Å². The number of anilines is 1. The van der Waals surface area contributed by atoms with Crippen molar-refractivity contribution in [1.82, 2.24) is 14.8 Å². The van der Waals surface area contributed by atoms with Crippen molar-refractivity contribution >= 4 is 11.5 Å². The van der Waals surface area contributed by atoms with Crippen LogP contribution in [0.2, 0.25) is 0 Å². The van der Waals surface area contributed by atoms with Gasteiger partial charge in [0.2, 0.25) is 5.82 Å². The van der Waals surface area contributed by atoms with E-state index in [1.54, 1.807) is 19.2 Å². The number of nitrogens with one attached hydrogen (secondary N) is 1. The summed E-state index contributed by atoms with van der Waals surface area (Å²) in [5.74, 6) is 0.304. The van der Waals surface area contributed by atoms with E-state index in [9.17, 15) is 10.1 Å². The quantitative estimate of drug-likeness (QED) is 0.655. The minimum atomic E-state index is -0.393. The molecule has 118 valence electrons. The first-order chi connectivity index (χ1) is 10.5. The van der Waals surface area contributed by atoms with Gasteiger partial charge in [0.1, 0.15) is 0 Å². The SMILES string of the molecule is CCc1nn(C)c(CC)c1CNc1nccc(C)c1[N+](=O)[O-]. The van der Waals surface area contributed by atoms with E-state index < -0.39 is 4.92 Å². The number of hydrogen-bond donors (Lipinski definition) is 1. The van der Waals surface area contributed by atoms with Gasteiger partial charge in [0.15, 0.2) is 0 Å². The molecule has 2 aromatic rings. The van der Waals surface area contributed by atoms with Crippen molar-refractivity contribution in [1.29, 1.82) is 0 Å². The first-order valence-electron chi connectivity index (χ1n) is 7.37. The summed E-state index contributed by atoms with van der Waals surface area (Å²) < 4.78 is 1.88. The van der Waals surface area contributed by atoms with Gasteiger partial charge in [-0.3, -0.25) is 14.8 Å². The van der Waals surface area contributed by atoms with Gasteiger partial charge in [0.05, 0.1) is 10.6 Å². The van der Waals surface area contributed by atoms with E-state index in [0.717, 1.165) is 29.8 Å². The van der Waals surface area contributed by atoms with Crippen molar-refractivity contribution in [3.63, 3.8) is 0 Å². The average Bonchev–Trinajstić information content (AvgIpc) is 2.79. The minimum Gasteiger partial charge on any atom is -0.360 e. The smallest absolute Gasteiger partial charge is 0.314 e. The van der Waals surface area contributed by atoms with Crippen LogP contribution in [0.4, 0.5) is 11.5 Å². The molecule has 0 radical (unpaired) electrons. The molecule has 0 aliphatic rings. The lowest BCUT2D eigenvalue weighted by atomic mass is 10.1. The van der Waals surface area contributed by atoms with Crippen molar-refractivity contribution < 1.29 is 4.92 Å². The van der Waals surface area contributed by atoms with Crippen LogP contribution in [0, 0.1) is 17.0 Å². The van der Waals surface area contributed by atoms with Crippen molar-refractivity contribution in [2.75, 3.05) is 5.32 Å². The standard InChI is InChI=1S/C15H21N5O2/c1-5-12-11(13(6-2)19(4)18-12)9-17-15-14(20(21)22)10(3)7-8-16-15/h7-8H,5-6,9H2,1-4H3,(H,16,17). The Labute approximate surface area is 129 Å². The van der Waals surface area contributed by atoms with Crippen molar-refractivity contribution in [2.45, 2.75) is 40.2 Å². The molecule has 0 aliphatic carbocycles. The van der Waals surface area contributed by atoms with Gasteiger partial charge < -0.3 is 5.32 Å². The van der Waals surface area contributed by atoms with Crippen LogP contribution in [0.15, 0.2) is 12.3 Å². The Kier molecular flexibility index (Phi) is 4.75. The number of nitro groups is 1. The van der Waals surface area contributed by atoms with Gasteiger partial charge in [-0.05, 0) is 25.8 Å². The second-order valence-electron chi connectivity index (χ2n) is 5.14. The molecule has 0 aliphatic heterocycles. The van der Waals surface area contributed by atoms with Crippen LogP contribution in [-0.4, -0.2) is 19.7 Å². The van der Waals surface area contributed by atoms with Gasteiger partial charge in [-0.1, -0.05) is 13.8 Å². The minimum absolute atomic E-state index is 0.0301. The predicted octanol–water partition coefficient (Wildman–Crippen LogP) is 2.77. The molecule has 7 nitrogen and oxygen atoms in total.